The highest BCUT2D eigenvalue weighted by Crippen LogP contribution is 2.22. The second-order valence-electron chi connectivity index (χ2n) is 4.99. The zero-order chi connectivity index (χ0) is 12.9. The molecule has 0 saturated heterocycles. The van der Waals surface area contributed by atoms with Crippen molar-refractivity contribution in [3.63, 3.8) is 0 Å². The number of nitrogens with zero attached hydrogens (tertiary/aromatic N) is 2. The fraction of sp³-hybridized carbons (Fsp3) is 0.500. The van der Waals surface area contributed by atoms with Crippen molar-refractivity contribution in [3.05, 3.63) is 24.3 Å². The molecule has 0 fully saturated rings. The second kappa shape index (κ2) is 5.58. The first-order chi connectivity index (χ1) is 7.94. The SMILES string of the molecule is CN(C)c1cccc(OCCC(C)(C)C#N)c1. The first-order valence-electron chi connectivity index (χ1n) is 5.76. The zero-order valence-electron chi connectivity index (χ0n) is 11.0. The molecule has 0 N–H and O–H groups in total. The molecule has 0 aliphatic carbocycles. The highest BCUT2D eigenvalue weighted by Gasteiger charge is 2.16. The van der Waals surface area contributed by atoms with Crippen LogP contribution in [0.2, 0.25) is 0 Å². The van der Waals surface area contributed by atoms with Crippen LogP contribution in [-0.2, 0) is 0 Å². The van der Waals surface area contributed by atoms with Crippen LogP contribution in [0.25, 0.3) is 0 Å². The quantitative estimate of drug-likeness (QED) is 0.782. The summed E-state index contributed by atoms with van der Waals surface area (Å²) in [4.78, 5) is 2.03. The van der Waals surface area contributed by atoms with E-state index in [2.05, 4.69) is 6.07 Å². The van der Waals surface area contributed by atoms with Gasteiger partial charge >= 0.3 is 0 Å². The molecule has 3 nitrogen and oxygen atoms in total. The standard InChI is InChI=1S/C14H20N2O/c1-14(2,11-15)8-9-17-13-7-5-6-12(10-13)16(3)4/h5-7,10H,8-9H2,1-4H3. The van der Waals surface area contributed by atoms with Crippen LogP contribution in [0, 0.1) is 16.7 Å². The van der Waals surface area contributed by atoms with Gasteiger partial charge in [0.05, 0.1) is 18.1 Å². The van der Waals surface area contributed by atoms with Crippen LogP contribution in [-0.4, -0.2) is 20.7 Å². The summed E-state index contributed by atoms with van der Waals surface area (Å²) >= 11 is 0. The van der Waals surface area contributed by atoms with E-state index in [0.29, 0.717) is 6.61 Å². The topological polar surface area (TPSA) is 36.3 Å². The van der Waals surface area contributed by atoms with Gasteiger partial charge in [-0.3, -0.25) is 0 Å². The maximum absolute atomic E-state index is 8.90. The number of hydrogen-bond donors (Lipinski definition) is 0. The molecule has 1 aromatic carbocycles. The van der Waals surface area contributed by atoms with Gasteiger partial charge in [-0.15, -0.1) is 0 Å². The molecular weight excluding hydrogens is 212 g/mol. The Hall–Kier alpha value is -1.69. The van der Waals surface area contributed by atoms with Gasteiger partial charge < -0.3 is 9.64 Å². The molecule has 3 heteroatoms. The first kappa shape index (κ1) is 13.4. The largest absolute Gasteiger partial charge is 0.493 e. The van der Waals surface area contributed by atoms with Gasteiger partial charge in [0.1, 0.15) is 5.75 Å². The third-order valence-corrected chi connectivity index (χ3v) is 2.63. The summed E-state index contributed by atoms with van der Waals surface area (Å²) in [5.74, 6) is 0.852. The first-order valence-corrected chi connectivity index (χ1v) is 5.76. The molecule has 0 heterocycles. The summed E-state index contributed by atoms with van der Waals surface area (Å²) in [5, 5.41) is 8.90. The van der Waals surface area contributed by atoms with Crippen LogP contribution in [0.4, 0.5) is 5.69 Å². The van der Waals surface area contributed by atoms with Gasteiger partial charge in [0.2, 0.25) is 0 Å². The Morgan fingerprint density at radius 3 is 2.65 bits per heavy atom. The highest BCUT2D eigenvalue weighted by atomic mass is 16.5. The number of nitriles is 1. The van der Waals surface area contributed by atoms with Gasteiger partial charge in [0.25, 0.3) is 0 Å². The van der Waals surface area contributed by atoms with Gasteiger partial charge in [-0.2, -0.15) is 5.26 Å². The molecule has 0 spiro atoms. The van der Waals surface area contributed by atoms with E-state index in [-0.39, 0.29) is 5.41 Å². The Kier molecular flexibility index (Phi) is 4.39. The highest BCUT2D eigenvalue weighted by molar-refractivity contribution is 5.49. The van der Waals surface area contributed by atoms with Gasteiger partial charge in [0, 0.05) is 25.8 Å². The number of anilines is 1. The van der Waals surface area contributed by atoms with Crippen molar-refractivity contribution in [1.82, 2.24) is 0 Å². The van der Waals surface area contributed by atoms with Gasteiger partial charge in [-0.05, 0) is 32.4 Å². The molecule has 17 heavy (non-hydrogen) atoms. The summed E-state index contributed by atoms with van der Waals surface area (Å²) in [6.07, 6.45) is 0.732. The molecule has 92 valence electrons. The summed E-state index contributed by atoms with van der Waals surface area (Å²) in [6, 6.07) is 10.2. The molecule has 0 aliphatic heterocycles. The average Bonchev–Trinajstić information content (AvgIpc) is 2.29. The van der Waals surface area contributed by atoms with Crippen LogP contribution in [0.15, 0.2) is 24.3 Å². The number of rotatable bonds is 5. The molecule has 0 amide bonds. The fourth-order valence-corrected chi connectivity index (χ4v) is 1.33. The molecule has 1 aromatic rings. The van der Waals surface area contributed by atoms with E-state index in [9.17, 15) is 0 Å². The predicted octanol–water partition coefficient (Wildman–Crippen LogP) is 3.07. The monoisotopic (exact) mass is 232 g/mol. The van der Waals surface area contributed by atoms with Gasteiger partial charge in [0.15, 0.2) is 0 Å². The predicted molar refractivity (Wildman–Crippen MR) is 70.3 cm³/mol. The summed E-state index contributed by atoms with van der Waals surface area (Å²) in [6.45, 7) is 4.41. The summed E-state index contributed by atoms with van der Waals surface area (Å²) in [7, 11) is 4.00. The van der Waals surface area contributed by atoms with Crippen molar-refractivity contribution in [2.75, 3.05) is 25.6 Å². The molecule has 0 bridgehead atoms. The second-order valence-corrected chi connectivity index (χ2v) is 4.99. The third kappa shape index (κ3) is 4.36. The average molecular weight is 232 g/mol. The Morgan fingerprint density at radius 2 is 2.06 bits per heavy atom. The van der Waals surface area contributed by atoms with Crippen molar-refractivity contribution in [3.8, 4) is 11.8 Å². The van der Waals surface area contributed by atoms with Gasteiger partial charge in [-0.1, -0.05) is 6.07 Å². The van der Waals surface area contributed by atoms with E-state index < -0.39 is 0 Å². The van der Waals surface area contributed by atoms with E-state index in [1.165, 1.54) is 0 Å². The number of ether oxygens (including phenoxy) is 1. The summed E-state index contributed by atoms with van der Waals surface area (Å²) < 4.78 is 5.66. The molecule has 0 saturated carbocycles. The van der Waals surface area contributed by atoms with Crippen molar-refractivity contribution in [2.24, 2.45) is 5.41 Å². The Labute approximate surface area is 104 Å². The Morgan fingerprint density at radius 1 is 1.35 bits per heavy atom. The van der Waals surface area contributed by atoms with E-state index in [1.54, 1.807) is 0 Å². The van der Waals surface area contributed by atoms with E-state index in [4.69, 9.17) is 10.00 Å². The van der Waals surface area contributed by atoms with Crippen LogP contribution in [0.3, 0.4) is 0 Å². The molecule has 1 rings (SSSR count). The fourth-order valence-electron chi connectivity index (χ4n) is 1.33. The Balaban J connectivity index is 2.53. The zero-order valence-corrected chi connectivity index (χ0v) is 11.0. The van der Waals surface area contributed by atoms with Crippen LogP contribution in [0.1, 0.15) is 20.3 Å². The van der Waals surface area contributed by atoms with E-state index in [0.717, 1.165) is 17.9 Å². The minimum atomic E-state index is -0.320. The lowest BCUT2D eigenvalue weighted by Crippen LogP contribution is -2.13. The van der Waals surface area contributed by atoms with Crippen LogP contribution >= 0.6 is 0 Å². The molecule has 0 atom stereocenters. The summed E-state index contributed by atoms with van der Waals surface area (Å²) in [5.41, 5.74) is 0.793. The number of benzene rings is 1. The number of hydrogen-bond acceptors (Lipinski definition) is 3. The molecule has 0 aliphatic rings. The lowest BCUT2D eigenvalue weighted by atomic mass is 9.92. The Bertz CT molecular complexity index is 405. The normalized spacial score (nSPS) is 10.8. The van der Waals surface area contributed by atoms with Gasteiger partial charge in [-0.25, -0.2) is 0 Å². The molecule has 0 radical (unpaired) electrons. The lowest BCUT2D eigenvalue weighted by Gasteiger charge is -2.17. The third-order valence-electron chi connectivity index (χ3n) is 2.63. The minimum Gasteiger partial charge on any atom is -0.493 e. The van der Waals surface area contributed by atoms with Crippen LogP contribution < -0.4 is 9.64 Å². The van der Waals surface area contributed by atoms with E-state index in [1.807, 2.05) is 57.1 Å². The maximum Gasteiger partial charge on any atom is 0.121 e. The maximum atomic E-state index is 8.90. The van der Waals surface area contributed by atoms with Crippen molar-refractivity contribution >= 4 is 5.69 Å². The van der Waals surface area contributed by atoms with E-state index >= 15 is 0 Å². The molecule has 0 aromatic heterocycles. The smallest absolute Gasteiger partial charge is 0.121 e. The van der Waals surface area contributed by atoms with Crippen molar-refractivity contribution in [2.45, 2.75) is 20.3 Å². The molecule has 0 unspecified atom stereocenters. The van der Waals surface area contributed by atoms with Crippen LogP contribution in [0.5, 0.6) is 5.75 Å². The minimum absolute atomic E-state index is 0.320. The molecular formula is C14H20N2O. The lowest BCUT2D eigenvalue weighted by molar-refractivity contribution is 0.264. The van der Waals surface area contributed by atoms with Crippen molar-refractivity contribution < 1.29 is 4.74 Å². The van der Waals surface area contributed by atoms with Crippen molar-refractivity contribution in [1.29, 1.82) is 5.26 Å².